The number of pyridine rings is 1. The first-order valence-electron chi connectivity index (χ1n) is 14.7. The molecule has 0 radical (unpaired) electrons. The minimum absolute atomic E-state index is 0.0480. The fourth-order valence-corrected chi connectivity index (χ4v) is 6.82. The van der Waals surface area contributed by atoms with Gasteiger partial charge in [0, 0.05) is 22.7 Å². The van der Waals surface area contributed by atoms with E-state index in [9.17, 15) is 14.0 Å². The summed E-state index contributed by atoms with van der Waals surface area (Å²) in [5.41, 5.74) is 0.945. The van der Waals surface area contributed by atoms with Crippen molar-refractivity contribution in [3.63, 3.8) is 0 Å². The van der Waals surface area contributed by atoms with Crippen LogP contribution < -0.4 is 19.9 Å². The summed E-state index contributed by atoms with van der Waals surface area (Å²) in [6, 6.07) is 14.5. The third-order valence-corrected chi connectivity index (χ3v) is 9.48. The maximum absolute atomic E-state index is 15.5. The summed E-state index contributed by atoms with van der Waals surface area (Å²) in [5.74, 6) is -2.88. The molecule has 1 unspecified atom stereocenters. The molecule has 3 heterocycles. The van der Waals surface area contributed by atoms with Crippen LogP contribution in [0.5, 0.6) is 11.5 Å². The maximum atomic E-state index is 15.5. The van der Waals surface area contributed by atoms with E-state index in [-0.39, 0.29) is 43.0 Å². The molecule has 4 aromatic rings. The number of hydrogen-bond acceptors (Lipinski definition) is 6. The van der Waals surface area contributed by atoms with Crippen LogP contribution in [-0.4, -0.2) is 34.3 Å². The first-order valence-corrected chi connectivity index (χ1v) is 15.6. The molecular formula is C35H33F2N3O4S. The number of ether oxygens (including phenoxy) is 2. The average molecular weight is 630 g/mol. The molecule has 0 bridgehead atoms. The van der Waals surface area contributed by atoms with Crippen molar-refractivity contribution >= 4 is 17.2 Å². The van der Waals surface area contributed by atoms with Crippen molar-refractivity contribution in [2.75, 3.05) is 18.3 Å². The van der Waals surface area contributed by atoms with Gasteiger partial charge >= 0.3 is 0 Å². The van der Waals surface area contributed by atoms with E-state index < -0.39 is 28.6 Å². The number of nitrogens with zero attached hydrogens (tertiary/aromatic N) is 3. The van der Waals surface area contributed by atoms with Crippen LogP contribution in [0.15, 0.2) is 96.3 Å². The van der Waals surface area contributed by atoms with Gasteiger partial charge in [0.25, 0.3) is 5.91 Å². The molecule has 10 heteroatoms. The number of thiophene rings is 1. The number of carbonyl (C=O) groups is 1. The van der Waals surface area contributed by atoms with E-state index in [1.54, 1.807) is 15.7 Å². The highest BCUT2D eigenvalue weighted by molar-refractivity contribution is 7.10. The van der Waals surface area contributed by atoms with Crippen LogP contribution in [0, 0.1) is 18.6 Å². The van der Waals surface area contributed by atoms with Gasteiger partial charge in [-0.25, -0.2) is 4.39 Å². The van der Waals surface area contributed by atoms with E-state index in [1.165, 1.54) is 35.7 Å². The zero-order valence-electron chi connectivity index (χ0n) is 24.9. The molecule has 1 aliphatic heterocycles. The normalized spacial score (nSPS) is 16.0. The molecule has 1 aliphatic carbocycles. The second kappa shape index (κ2) is 12.4. The molecule has 6 rings (SSSR count). The monoisotopic (exact) mass is 629 g/mol. The summed E-state index contributed by atoms with van der Waals surface area (Å²) in [5, 5.41) is 3.80. The SMILES string of the molecule is C=CCOc1c(C(c2ccsc2C)N2CN(C3(C=C)CCC3)C(=O)c3c(OCc4ccccc4)c(=O)ccn32)ccc(F)c1F. The number of amides is 1. The number of rotatable bonds is 11. The Morgan fingerprint density at radius 3 is 2.42 bits per heavy atom. The van der Waals surface area contributed by atoms with Crippen LogP contribution in [0.3, 0.4) is 0 Å². The summed E-state index contributed by atoms with van der Waals surface area (Å²) in [6.45, 7) is 9.77. The first kappa shape index (κ1) is 30.3. The summed E-state index contributed by atoms with van der Waals surface area (Å²) in [4.78, 5) is 30.5. The third kappa shape index (κ3) is 5.33. The molecule has 0 spiro atoms. The lowest BCUT2D eigenvalue weighted by molar-refractivity contribution is 0.0254. The Hall–Kier alpha value is -4.70. The van der Waals surface area contributed by atoms with Crippen LogP contribution in [-0.2, 0) is 6.61 Å². The molecule has 232 valence electrons. The molecule has 7 nitrogen and oxygen atoms in total. The zero-order valence-corrected chi connectivity index (χ0v) is 25.7. The van der Waals surface area contributed by atoms with Crippen LogP contribution in [0.2, 0.25) is 0 Å². The lowest BCUT2D eigenvalue weighted by Gasteiger charge is -2.54. The molecule has 0 saturated heterocycles. The van der Waals surface area contributed by atoms with E-state index in [4.69, 9.17) is 9.47 Å². The molecule has 2 aromatic heterocycles. The van der Waals surface area contributed by atoms with Crippen molar-refractivity contribution in [2.24, 2.45) is 0 Å². The highest BCUT2D eigenvalue weighted by atomic mass is 32.1. The van der Waals surface area contributed by atoms with Gasteiger partial charge in [-0.05, 0) is 60.9 Å². The molecule has 1 amide bonds. The Balaban J connectivity index is 1.58. The van der Waals surface area contributed by atoms with Crippen molar-refractivity contribution < 1.29 is 23.0 Å². The fraction of sp³-hybridized carbons (Fsp3) is 0.257. The van der Waals surface area contributed by atoms with Crippen LogP contribution in [0.1, 0.15) is 57.4 Å². The Bertz CT molecular complexity index is 1820. The third-order valence-electron chi connectivity index (χ3n) is 8.62. The van der Waals surface area contributed by atoms with Crippen molar-refractivity contribution in [2.45, 2.75) is 44.4 Å². The predicted molar refractivity (Wildman–Crippen MR) is 170 cm³/mol. The number of aryl methyl sites for hydroxylation is 1. The van der Waals surface area contributed by atoms with E-state index in [0.29, 0.717) is 18.4 Å². The standard InChI is InChI=1S/C35H33F2N3O4S/c1-4-19-43-32-26(12-13-27(36)29(32)37)30(25-15-20-45-23(25)3)40-22-38(35(5-2)16-9-17-35)34(42)31-33(28(41)14-18-39(31)40)44-21-24-10-7-6-8-11-24/h4-8,10-15,18,20,30H,1-2,9,16-17,19,21-22H2,3H3. The van der Waals surface area contributed by atoms with E-state index in [1.807, 2.05) is 53.7 Å². The van der Waals surface area contributed by atoms with Gasteiger partial charge in [-0.2, -0.15) is 4.39 Å². The lowest BCUT2D eigenvalue weighted by atomic mass is 9.75. The molecule has 1 fully saturated rings. The summed E-state index contributed by atoms with van der Waals surface area (Å²) >= 11 is 1.51. The van der Waals surface area contributed by atoms with Crippen molar-refractivity contribution in [3.05, 3.63) is 141 Å². The topological polar surface area (TPSA) is 64.0 Å². The van der Waals surface area contributed by atoms with Gasteiger partial charge in [0.2, 0.25) is 11.2 Å². The van der Waals surface area contributed by atoms with Gasteiger partial charge in [0.05, 0.1) is 5.54 Å². The van der Waals surface area contributed by atoms with Gasteiger partial charge in [-0.3, -0.25) is 19.3 Å². The van der Waals surface area contributed by atoms with Crippen LogP contribution in [0.4, 0.5) is 8.78 Å². The van der Waals surface area contributed by atoms with Crippen LogP contribution in [0.25, 0.3) is 0 Å². The Kier molecular flexibility index (Phi) is 8.33. The van der Waals surface area contributed by atoms with E-state index in [2.05, 4.69) is 13.2 Å². The summed E-state index contributed by atoms with van der Waals surface area (Å²) in [7, 11) is 0. The van der Waals surface area contributed by atoms with Gasteiger partial charge in [-0.15, -0.1) is 17.9 Å². The Morgan fingerprint density at radius 1 is 1.00 bits per heavy atom. The molecule has 2 aromatic carbocycles. The van der Waals surface area contributed by atoms with Crippen molar-refractivity contribution in [3.8, 4) is 11.5 Å². The molecule has 2 aliphatic rings. The van der Waals surface area contributed by atoms with Crippen LogP contribution >= 0.6 is 11.3 Å². The number of carbonyl (C=O) groups excluding carboxylic acids is 1. The molecule has 1 saturated carbocycles. The Morgan fingerprint density at radius 2 is 1.78 bits per heavy atom. The van der Waals surface area contributed by atoms with Gasteiger partial charge in [-0.1, -0.05) is 49.1 Å². The molecule has 1 atom stereocenters. The van der Waals surface area contributed by atoms with Gasteiger partial charge < -0.3 is 14.4 Å². The largest absolute Gasteiger partial charge is 0.486 e. The minimum atomic E-state index is -1.12. The smallest absolute Gasteiger partial charge is 0.278 e. The van der Waals surface area contributed by atoms with Gasteiger partial charge in [0.1, 0.15) is 25.9 Å². The molecular weight excluding hydrogens is 596 g/mol. The second-order valence-corrected chi connectivity index (χ2v) is 12.3. The number of hydrogen-bond donors (Lipinski definition) is 0. The number of aromatic nitrogens is 1. The maximum Gasteiger partial charge on any atom is 0.278 e. The number of benzene rings is 2. The fourth-order valence-electron chi connectivity index (χ4n) is 6.08. The summed E-state index contributed by atoms with van der Waals surface area (Å²) in [6.07, 6.45) is 7.09. The van der Waals surface area contributed by atoms with Gasteiger partial charge in [0.15, 0.2) is 23.0 Å². The minimum Gasteiger partial charge on any atom is -0.486 e. The first-order chi connectivity index (χ1) is 21.8. The number of halogens is 2. The zero-order chi connectivity index (χ0) is 31.7. The van der Waals surface area contributed by atoms with Crippen molar-refractivity contribution in [1.82, 2.24) is 9.58 Å². The van der Waals surface area contributed by atoms with Crippen molar-refractivity contribution in [1.29, 1.82) is 0 Å². The molecule has 45 heavy (non-hydrogen) atoms. The summed E-state index contributed by atoms with van der Waals surface area (Å²) < 4.78 is 43.6. The quantitative estimate of drug-likeness (QED) is 0.169. The van der Waals surface area contributed by atoms with E-state index >= 15 is 4.39 Å². The average Bonchev–Trinajstić information content (AvgIpc) is 3.45. The number of fused-ring (bicyclic) bond motifs is 1. The molecule has 0 N–H and O–H groups in total. The highest BCUT2D eigenvalue weighted by Gasteiger charge is 2.49. The Labute approximate surface area is 264 Å². The predicted octanol–water partition coefficient (Wildman–Crippen LogP) is 6.89. The lowest BCUT2D eigenvalue weighted by Crippen LogP contribution is -2.64. The second-order valence-electron chi connectivity index (χ2n) is 11.2. The highest BCUT2D eigenvalue weighted by Crippen LogP contribution is 2.45. The van der Waals surface area contributed by atoms with E-state index in [0.717, 1.165) is 28.5 Å².